The molecule has 0 saturated carbocycles. The van der Waals surface area contributed by atoms with Gasteiger partial charge in [-0.25, -0.2) is 4.79 Å². The molecule has 0 unspecified atom stereocenters. The molecule has 1 aromatic carbocycles. The Bertz CT molecular complexity index is 665. The Kier molecular flexibility index (Phi) is 7.76. The number of nitrogens with zero attached hydrogens (tertiary/aromatic N) is 1. The number of rotatable bonds is 6. The molecule has 4 amide bonds. The fourth-order valence-electron chi connectivity index (χ4n) is 2.42. The summed E-state index contributed by atoms with van der Waals surface area (Å²) < 4.78 is 0. The average molecular weight is 362 g/mol. The largest absolute Gasteiger partial charge is 0.350 e. The van der Waals surface area contributed by atoms with Gasteiger partial charge in [0.25, 0.3) is 0 Å². The number of amides is 4. The lowest BCUT2D eigenvalue weighted by Crippen LogP contribution is -2.48. The van der Waals surface area contributed by atoms with E-state index in [1.807, 2.05) is 53.7 Å². The lowest BCUT2D eigenvalue weighted by Gasteiger charge is -2.24. The number of carbonyl (C=O) groups excluding carboxylic acids is 3. The van der Waals surface area contributed by atoms with E-state index < -0.39 is 11.9 Å². The van der Waals surface area contributed by atoms with Gasteiger partial charge in [-0.15, -0.1) is 0 Å². The first-order valence-corrected chi connectivity index (χ1v) is 8.71. The van der Waals surface area contributed by atoms with Gasteiger partial charge in [0, 0.05) is 11.2 Å². The van der Waals surface area contributed by atoms with Gasteiger partial charge in [-0.3, -0.25) is 19.8 Å². The molecule has 0 atom stereocenters. The van der Waals surface area contributed by atoms with Crippen LogP contribution in [0.1, 0.15) is 38.8 Å². The third kappa shape index (κ3) is 8.11. The lowest BCUT2D eigenvalue weighted by atomic mass is 10.1. The highest BCUT2D eigenvalue weighted by atomic mass is 16.2. The second kappa shape index (κ2) is 9.33. The summed E-state index contributed by atoms with van der Waals surface area (Å²) in [6.07, 6.45) is 0. The van der Waals surface area contributed by atoms with Crippen LogP contribution in [0.25, 0.3) is 0 Å². The number of nitrogens with one attached hydrogen (secondary N) is 3. The van der Waals surface area contributed by atoms with Gasteiger partial charge in [0.05, 0.1) is 13.1 Å². The van der Waals surface area contributed by atoms with Gasteiger partial charge in [-0.05, 0) is 52.8 Å². The Morgan fingerprint density at radius 3 is 2.19 bits per heavy atom. The molecule has 0 bridgehead atoms. The zero-order chi connectivity index (χ0) is 19.9. The number of aryl methyl sites for hydroxylation is 2. The molecule has 1 aromatic rings. The molecule has 0 saturated heterocycles. The number of hydrogen-bond donors (Lipinski definition) is 3. The zero-order valence-electron chi connectivity index (χ0n) is 16.5. The number of anilines is 1. The Morgan fingerprint density at radius 2 is 1.65 bits per heavy atom. The average Bonchev–Trinajstić information content (AvgIpc) is 2.47. The van der Waals surface area contributed by atoms with Crippen LogP contribution in [0, 0.1) is 13.8 Å². The third-order valence-corrected chi connectivity index (χ3v) is 3.58. The molecular weight excluding hydrogens is 332 g/mol. The summed E-state index contributed by atoms with van der Waals surface area (Å²) in [6, 6.07) is 5.04. The van der Waals surface area contributed by atoms with Crippen LogP contribution < -0.4 is 16.0 Å². The quantitative estimate of drug-likeness (QED) is 0.723. The summed E-state index contributed by atoms with van der Waals surface area (Å²) in [6.45, 7) is 12.0. The second-order valence-corrected chi connectivity index (χ2v) is 7.42. The Morgan fingerprint density at radius 1 is 1.04 bits per heavy atom. The molecule has 144 valence electrons. The summed E-state index contributed by atoms with van der Waals surface area (Å²) in [7, 11) is 0. The summed E-state index contributed by atoms with van der Waals surface area (Å²) in [5.74, 6) is -0.621. The van der Waals surface area contributed by atoms with E-state index in [2.05, 4.69) is 16.0 Å². The number of carbonyl (C=O) groups is 3. The van der Waals surface area contributed by atoms with Crippen LogP contribution in [0.3, 0.4) is 0 Å². The molecule has 0 aromatic heterocycles. The number of likely N-dealkylation sites (N-methyl/N-ethyl adjacent to an activating group) is 1. The van der Waals surface area contributed by atoms with E-state index in [4.69, 9.17) is 0 Å². The zero-order valence-corrected chi connectivity index (χ0v) is 16.5. The SMILES string of the molecule is CCN(CC(=O)NC(=O)Nc1ccc(C)cc1C)CC(=O)NC(C)(C)C. The standard InChI is InChI=1S/C19H30N4O3/c1-7-23(12-17(25)22-19(4,5)6)11-16(24)21-18(26)20-15-9-8-13(2)10-14(15)3/h8-10H,7,11-12H2,1-6H3,(H,22,25)(H2,20,21,24,26). The van der Waals surface area contributed by atoms with Crippen LogP contribution in [0.15, 0.2) is 18.2 Å². The van der Waals surface area contributed by atoms with Crippen LogP contribution in [0.5, 0.6) is 0 Å². The fourth-order valence-corrected chi connectivity index (χ4v) is 2.42. The van der Waals surface area contributed by atoms with Crippen molar-refractivity contribution >= 4 is 23.5 Å². The molecule has 0 aliphatic rings. The Labute approximate surface area is 155 Å². The van der Waals surface area contributed by atoms with Crippen molar-refractivity contribution < 1.29 is 14.4 Å². The van der Waals surface area contributed by atoms with E-state index in [0.29, 0.717) is 12.2 Å². The summed E-state index contributed by atoms with van der Waals surface area (Å²) in [5, 5.41) is 7.81. The number of urea groups is 1. The maximum Gasteiger partial charge on any atom is 0.325 e. The second-order valence-electron chi connectivity index (χ2n) is 7.42. The predicted octanol–water partition coefficient (Wildman–Crippen LogP) is 2.19. The minimum atomic E-state index is -0.586. The highest BCUT2D eigenvalue weighted by Crippen LogP contribution is 2.15. The first-order chi connectivity index (χ1) is 12.0. The van der Waals surface area contributed by atoms with Crippen molar-refractivity contribution in [3.05, 3.63) is 29.3 Å². The molecule has 0 radical (unpaired) electrons. The topological polar surface area (TPSA) is 90.5 Å². The van der Waals surface area contributed by atoms with Crippen molar-refractivity contribution in [1.29, 1.82) is 0 Å². The van der Waals surface area contributed by atoms with Gasteiger partial charge in [0.2, 0.25) is 11.8 Å². The van der Waals surface area contributed by atoms with Crippen LogP contribution in [0.4, 0.5) is 10.5 Å². The summed E-state index contributed by atoms with van der Waals surface area (Å²) >= 11 is 0. The Hall–Kier alpha value is -2.41. The fraction of sp³-hybridized carbons (Fsp3) is 0.526. The molecule has 7 nitrogen and oxygen atoms in total. The first-order valence-electron chi connectivity index (χ1n) is 8.71. The van der Waals surface area contributed by atoms with E-state index in [-0.39, 0.29) is 24.5 Å². The summed E-state index contributed by atoms with van der Waals surface area (Å²) in [5.41, 5.74) is 2.33. The number of hydrogen-bond acceptors (Lipinski definition) is 4. The normalized spacial score (nSPS) is 11.2. The van der Waals surface area contributed by atoms with Crippen molar-refractivity contribution in [2.45, 2.75) is 47.1 Å². The Balaban J connectivity index is 2.52. The van der Waals surface area contributed by atoms with Crippen LogP contribution >= 0.6 is 0 Å². The van der Waals surface area contributed by atoms with E-state index in [0.717, 1.165) is 11.1 Å². The molecule has 7 heteroatoms. The van der Waals surface area contributed by atoms with Crippen LogP contribution in [-0.4, -0.2) is 47.9 Å². The van der Waals surface area contributed by atoms with Crippen molar-refractivity contribution in [3.63, 3.8) is 0 Å². The monoisotopic (exact) mass is 362 g/mol. The molecular formula is C19H30N4O3. The highest BCUT2D eigenvalue weighted by Gasteiger charge is 2.18. The molecule has 1 rings (SSSR count). The van der Waals surface area contributed by atoms with Crippen molar-refractivity contribution in [1.82, 2.24) is 15.5 Å². The predicted molar refractivity (Wildman–Crippen MR) is 103 cm³/mol. The smallest absolute Gasteiger partial charge is 0.325 e. The lowest BCUT2D eigenvalue weighted by molar-refractivity contribution is -0.125. The minimum absolute atomic E-state index is 0.0334. The first kappa shape index (κ1) is 21.6. The van der Waals surface area contributed by atoms with Gasteiger partial charge in [0.15, 0.2) is 0 Å². The molecule has 0 spiro atoms. The van der Waals surface area contributed by atoms with E-state index in [9.17, 15) is 14.4 Å². The molecule has 3 N–H and O–H groups in total. The van der Waals surface area contributed by atoms with E-state index >= 15 is 0 Å². The van der Waals surface area contributed by atoms with Gasteiger partial charge in [0.1, 0.15) is 0 Å². The maximum atomic E-state index is 12.1. The van der Waals surface area contributed by atoms with Crippen LogP contribution in [-0.2, 0) is 9.59 Å². The third-order valence-electron chi connectivity index (χ3n) is 3.58. The molecule has 0 heterocycles. The van der Waals surface area contributed by atoms with Crippen molar-refractivity contribution in [2.75, 3.05) is 25.0 Å². The highest BCUT2D eigenvalue weighted by molar-refractivity contribution is 6.02. The van der Waals surface area contributed by atoms with Crippen molar-refractivity contribution in [2.24, 2.45) is 0 Å². The van der Waals surface area contributed by atoms with Crippen molar-refractivity contribution in [3.8, 4) is 0 Å². The van der Waals surface area contributed by atoms with E-state index in [1.165, 1.54) is 0 Å². The van der Waals surface area contributed by atoms with Gasteiger partial charge in [-0.1, -0.05) is 24.6 Å². The number of imide groups is 1. The molecule has 0 fully saturated rings. The maximum absolute atomic E-state index is 12.1. The molecule has 0 aliphatic carbocycles. The minimum Gasteiger partial charge on any atom is -0.350 e. The number of benzene rings is 1. The van der Waals surface area contributed by atoms with Gasteiger partial charge in [-0.2, -0.15) is 0 Å². The molecule has 0 aliphatic heterocycles. The summed E-state index contributed by atoms with van der Waals surface area (Å²) in [4.78, 5) is 37.7. The van der Waals surface area contributed by atoms with Gasteiger partial charge >= 0.3 is 6.03 Å². The van der Waals surface area contributed by atoms with Crippen LogP contribution in [0.2, 0.25) is 0 Å². The molecule has 26 heavy (non-hydrogen) atoms. The van der Waals surface area contributed by atoms with E-state index in [1.54, 1.807) is 11.0 Å². The van der Waals surface area contributed by atoms with Gasteiger partial charge < -0.3 is 10.6 Å².